The molecule has 2 fully saturated rings. The van der Waals surface area contributed by atoms with Gasteiger partial charge in [0.15, 0.2) is 0 Å². The van der Waals surface area contributed by atoms with Crippen LogP contribution in [0.3, 0.4) is 0 Å². The minimum atomic E-state index is -0.0225. The van der Waals surface area contributed by atoms with E-state index in [9.17, 15) is 4.79 Å². The summed E-state index contributed by atoms with van der Waals surface area (Å²) < 4.78 is 2.95. The van der Waals surface area contributed by atoms with Gasteiger partial charge in [-0.3, -0.25) is 0 Å². The van der Waals surface area contributed by atoms with Crippen LogP contribution in [0.4, 0.5) is 4.79 Å². The normalized spacial score (nSPS) is 26.6. The number of hydrogen-bond donors (Lipinski definition) is 0. The van der Waals surface area contributed by atoms with Crippen molar-refractivity contribution in [1.29, 1.82) is 0 Å². The summed E-state index contributed by atoms with van der Waals surface area (Å²) in [4.78, 5) is 14.7. The molecule has 1 saturated carbocycles. The average molecular weight is 412 g/mol. The average Bonchev–Trinajstić information content (AvgIpc) is 3.05. The van der Waals surface area contributed by atoms with Crippen LogP contribution in [0.2, 0.25) is 0 Å². The Hall–Kier alpha value is 0.459. The van der Waals surface area contributed by atoms with E-state index in [4.69, 9.17) is 0 Å². The van der Waals surface area contributed by atoms with Crippen molar-refractivity contribution in [2.75, 3.05) is 6.54 Å². The van der Waals surface area contributed by atoms with Crippen molar-refractivity contribution in [3.05, 3.63) is 8.05 Å². The van der Waals surface area contributed by atoms with Gasteiger partial charge in [-0.05, 0) is 0 Å². The Bertz CT molecular complexity index is 360. The maximum atomic E-state index is 12.2. The van der Waals surface area contributed by atoms with E-state index in [1.807, 2.05) is 0 Å². The molecule has 0 radical (unpaired) electrons. The molecule has 1 saturated heterocycles. The molecule has 2 aliphatic rings. The fourth-order valence-electron chi connectivity index (χ4n) is 2.17. The summed E-state index contributed by atoms with van der Waals surface area (Å²) in [5.74, 6) is 0.783. The summed E-state index contributed by atoms with van der Waals surface area (Å²) in [5, 5.41) is 0. The number of nitrogens with zero attached hydrogens (tertiary/aromatic N) is 1. The molecule has 0 unspecified atom stereocenters. The van der Waals surface area contributed by atoms with Crippen molar-refractivity contribution in [2.24, 2.45) is 5.92 Å². The molecule has 1 heterocycles. The molecule has 0 aromatic rings. The van der Waals surface area contributed by atoms with E-state index < -0.39 is 0 Å². The van der Waals surface area contributed by atoms with Crippen LogP contribution in [0.25, 0.3) is 0 Å². The van der Waals surface area contributed by atoms with Crippen molar-refractivity contribution >= 4 is 42.4 Å². The van der Waals surface area contributed by atoms with Crippen molar-refractivity contribution in [2.45, 2.75) is 52.0 Å². The van der Waals surface area contributed by atoms with Crippen LogP contribution in [0, 0.1) is 5.92 Å². The summed E-state index contributed by atoms with van der Waals surface area (Å²) >= 11 is 2.55. The van der Waals surface area contributed by atoms with E-state index in [0.29, 0.717) is 4.81 Å². The number of unbranched alkanes of at least 4 members (excludes halogenated alkanes) is 1. The van der Waals surface area contributed by atoms with Crippen LogP contribution < -0.4 is 0 Å². The maximum absolute atomic E-state index is 12.2. The van der Waals surface area contributed by atoms with E-state index in [2.05, 4.69) is 48.3 Å². The Morgan fingerprint density at radius 2 is 2.18 bits per heavy atom. The van der Waals surface area contributed by atoms with Gasteiger partial charge in [-0.2, -0.15) is 0 Å². The molecule has 1 amide bonds. The van der Waals surface area contributed by atoms with Gasteiger partial charge in [0.2, 0.25) is 0 Å². The molecule has 0 aromatic carbocycles. The Morgan fingerprint density at radius 1 is 1.53 bits per heavy atom. The van der Waals surface area contributed by atoms with Gasteiger partial charge < -0.3 is 0 Å². The number of carbonyl (C=O) groups excluding carboxylic acids is 1. The number of rotatable bonds is 4. The summed E-state index contributed by atoms with van der Waals surface area (Å²) in [6.07, 6.45) is 4.94. The predicted molar refractivity (Wildman–Crippen MR) is 80.6 cm³/mol. The van der Waals surface area contributed by atoms with E-state index in [1.54, 1.807) is 0 Å². The zero-order valence-electron chi connectivity index (χ0n) is 10.8. The van der Waals surface area contributed by atoms with Crippen molar-refractivity contribution in [3.8, 4) is 0 Å². The molecule has 17 heavy (non-hydrogen) atoms. The summed E-state index contributed by atoms with van der Waals surface area (Å²) in [6.45, 7) is 7.57. The van der Waals surface area contributed by atoms with Crippen LogP contribution >= 0.6 is 22.6 Å². The van der Waals surface area contributed by atoms with Gasteiger partial charge in [0, 0.05) is 0 Å². The molecule has 96 valence electrons. The monoisotopic (exact) mass is 413 g/mol. The zero-order chi connectivity index (χ0) is 12.6. The second kappa shape index (κ2) is 5.22. The molecule has 0 bridgehead atoms. The van der Waals surface area contributed by atoms with Crippen LogP contribution in [-0.4, -0.2) is 36.7 Å². The van der Waals surface area contributed by atoms with Crippen LogP contribution in [0.1, 0.15) is 46.5 Å². The van der Waals surface area contributed by atoms with Gasteiger partial charge in [-0.25, -0.2) is 0 Å². The van der Waals surface area contributed by atoms with Crippen molar-refractivity contribution < 1.29 is 4.79 Å². The van der Waals surface area contributed by atoms with Crippen molar-refractivity contribution in [3.63, 3.8) is 0 Å². The molecule has 0 atom stereocenters. The van der Waals surface area contributed by atoms with Crippen LogP contribution in [-0.2, 0) is 0 Å². The molecular weight excluding hydrogens is 392 g/mol. The van der Waals surface area contributed by atoms with E-state index in [1.165, 1.54) is 20.9 Å². The first-order chi connectivity index (χ1) is 7.98. The van der Waals surface area contributed by atoms with E-state index >= 15 is 0 Å². The van der Waals surface area contributed by atoms with Crippen LogP contribution in [0.5, 0.6) is 0 Å². The third kappa shape index (κ3) is 2.74. The van der Waals surface area contributed by atoms with E-state index in [-0.39, 0.29) is 20.5 Å². The molecule has 0 spiro atoms. The Morgan fingerprint density at radius 3 is 2.71 bits per heavy atom. The van der Waals surface area contributed by atoms with Crippen molar-refractivity contribution in [1.82, 2.24) is 4.90 Å². The molecule has 4 heteroatoms. The molecular formula is C13H20INOSe. The zero-order valence-corrected chi connectivity index (χ0v) is 14.6. The third-order valence-electron chi connectivity index (χ3n) is 3.53. The molecule has 2 rings (SSSR count). The van der Waals surface area contributed by atoms with Gasteiger partial charge >= 0.3 is 125 Å². The Balaban J connectivity index is 2.21. The third-order valence-corrected chi connectivity index (χ3v) is 8.54. The molecule has 1 aliphatic heterocycles. The molecule has 1 aliphatic carbocycles. The number of carbonyl (C=O) groups is 1. The van der Waals surface area contributed by atoms with E-state index in [0.717, 1.165) is 25.3 Å². The van der Waals surface area contributed by atoms with Gasteiger partial charge in [0.25, 0.3) is 0 Å². The van der Waals surface area contributed by atoms with Gasteiger partial charge in [0.05, 0.1) is 0 Å². The first-order valence-electron chi connectivity index (χ1n) is 6.38. The molecule has 2 nitrogen and oxygen atoms in total. The second-order valence-corrected chi connectivity index (χ2v) is 8.56. The Kier molecular flexibility index (Phi) is 4.26. The quantitative estimate of drug-likeness (QED) is 0.509. The predicted octanol–water partition coefficient (Wildman–Crippen LogP) is 3.76. The molecule has 0 N–H and O–H groups in total. The number of amides is 1. The topological polar surface area (TPSA) is 20.3 Å². The number of hydrogen-bond acceptors (Lipinski definition) is 1. The summed E-state index contributed by atoms with van der Waals surface area (Å²) in [5.41, 5.74) is -0.0225. The summed E-state index contributed by atoms with van der Waals surface area (Å²) in [7, 11) is 0. The summed E-state index contributed by atoms with van der Waals surface area (Å²) in [6, 6.07) is 0. The first kappa shape index (κ1) is 13.9. The fourth-order valence-corrected chi connectivity index (χ4v) is 6.60. The second-order valence-electron chi connectivity index (χ2n) is 5.38. The first-order valence-corrected chi connectivity index (χ1v) is 9.17. The minimum absolute atomic E-state index is 0.0225. The number of allylic oxidation sites excluding steroid dienone is 1. The molecule has 0 aromatic heterocycles. The standard InChI is InChI=1S/C13H20INOSe/c1-4-5-8-15-12(16)17-11(13(15,2)3)10(14)9-6-7-9/h9H,4-8H2,1-3H3/b11-10+. The Labute approximate surface area is 124 Å². The number of halogens is 1. The SMILES string of the molecule is CCCCN1C(=O)[Se]/C(=C(/I)C2CC2)C1(C)C. The fraction of sp³-hybridized carbons (Fsp3) is 0.769. The van der Waals surface area contributed by atoms with Gasteiger partial charge in [0.1, 0.15) is 0 Å². The van der Waals surface area contributed by atoms with Gasteiger partial charge in [-0.15, -0.1) is 0 Å². The van der Waals surface area contributed by atoms with Crippen LogP contribution in [0.15, 0.2) is 8.05 Å². The van der Waals surface area contributed by atoms with Gasteiger partial charge in [-0.1, -0.05) is 0 Å².